The third-order valence-corrected chi connectivity index (χ3v) is 6.11. The first kappa shape index (κ1) is 17.4. The van der Waals surface area contributed by atoms with Crippen molar-refractivity contribution in [3.63, 3.8) is 0 Å². The second-order valence-electron chi connectivity index (χ2n) is 6.64. The molecule has 2 heterocycles. The van der Waals surface area contributed by atoms with E-state index in [0.717, 1.165) is 56.5 Å². The third kappa shape index (κ3) is 3.98. The van der Waals surface area contributed by atoms with Gasteiger partial charge in [-0.05, 0) is 50.2 Å². The van der Waals surface area contributed by atoms with Crippen molar-refractivity contribution in [2.24, 2.45) is 5.92 Å². The van der Waals surface area contributed by atoms with Crippen LogP contribution in [0.25, 0.3) is 0 Å². The Bertz CT molecular complexity index is 593. The maximum Gasteiger partial charge on any atom is 0.263 e. The summed E-state index contributed by atoms with van der Waals surface area (Å²) in [4.78, 5) is 28.9. The molecule has 1 aliphatic carbocycles. The van der Waals surface area contributed by atoms with Gasteiger partial charge in [0, 0.05) is 44.1 Å². The Morgan fingerprint density at radius 3 is 2.92 bits per heavy atom. The molecule has 5 nitrogen and oxygen atoms in total. The van der Waals surface area contributed by atoms with Crippen molar-refractivity contribution in [2.45, 2.75) is 38.5 Å². The predicted octanol–water partition coefficient (Wildman–Crippen LogP) is 2.24. The number of likely N-dealkylation sites (tertiary alicyclic amines) is 1. The molecule has 0 radical (unpaired) electrons. The maximum absolute atomic E-state index is 12.5. The molecule has 0 aromatic carbocycles. The molecule has 0 bridgehead atoms. The largest absolute Gasteiger partial charge is 0.385 e. The van der Waals surface area contributed by atoms with Crippen molar-refractivity contribution < 1.29 is 14.3 Å². The van der Waals surface area contributed by atoms with E-state index in [1.54, 1.807) is 18.4 Å². The van der Waals surface area contributed by atoms with Crippen LogP contribution in [0.4, 0.5) is 0 Å². The SMILES string of the molecule is COCCCNC(=O)C1CCc2sc(C(=O)N3CCCC3)cc2C1. The van der Waals surface area contributed by atoms with Crippen LogP contribution in [0.15, 0.2) is 6.07 Å². The van der Waals surface area contributed by atoms with E-state index in [1.807, 2.05) is 11.0 Å². The zero-order valence-corrected chi connectivity index (χ0v) is 15.1. The van der Waals surface area contributed by atoms with Gasteiger partial charge in [0.15, 0.2) is 0 Å². The number of aryl methyl sites for hydroxylation is 1. The molecule has 0 saturated carbocycles. The lowest BCUT2D eigenvalue weighted by Crippen LogP contribution is -2.34. The Hall–Kier alpha value is -1.40. The van der Waals surface area contributed by atoms with Gasteiger partial charge in [-0.25, -0.2) is 0 Å². The van der Waals surface area contributed by atoms with Gasteiger partial charge < -0.3 is 15.0 Å². The predicted molar refractivity (Wildman–Crippen MR) is 94.5 cm³/mol. The van der Waals surface area contributed by atoms with Gasteiger partial charge in [-0.1, -0.05) is 0 Å². The average molecular weight is 350 g/mol. The first-order chi connectivity index (χ1) is 11.7. The van der Waals surface area contributed by atoms with Crippen molar-refractivity contribution in [2.75, 3.05) is 33.4 Å². The second kappa shape index (κ2) is 8.12. The first-order valence-corrected chi connectivity index (χ1v) is 9.68. The highest BCUT2D eigenvalue weighted by Crippen LogP contribution is 2.33. The Labute approximate surface area is 147 Å². The maximum atomic E-state index is 12.5. The van der Waals surface area contributed by atoms with Gasteiger partial charge in [0.1, 0.15) is 0 Å². The highest BCUT2D eigenvalue weighted by atomic mass is 32.1. The van der Waals surface area contributed by atoms with Gasteiger partial charge in [-0.2, -0.15) is 0 Å². The Balaban J connectivity index is 1.57. The first-order valence-electron chi connectivity index (χ1n) is 8.86. The van der Waals surface area contributed by atoms with Gasteiger partial charge >= 0.3 is 0 Å². The molecular formula is C18H26N2O3S. The quantitative estimate of drug-likeness (QED) is 0.801. The topological polar surface area (TPSA) is 58.6 Å². The normalized spacial score (nSPS) is 20.0. The highest BCUT2D eigenvalue weighted by molar-refractivity contribution is 7.14. The highest BCUT2D eigenvalue weighted by Gasteiger charge is 2.28. The summed E-state index contributed by atoms with van der Waals surface area (Å²) >= 11 is 1.63. The van der Waals surface area contributed by atoms with E-state index in [-0.39, 0.29) is 17.7 Å². The monoisotopic (exact) mass is 350 g/mol. The number of rotatable bonds is 6. The number of carbonyl (C=O) groups excluding carboxylic acids is 2. The fourth-order valence-electron chi connectivity index (χ4n) is 3.50. The minimum absolute atomic E-state index is 0.0318. The summed E-state index contributed by atoms with van der Waals surface area (Å²) < 4.78 is 5.00. The summed E-state index contributed by atoms with van der Waals surface area (Å²) in [5.41, 5.74) is 1.20. The van der Waals surface area contributed by atoms with Crippen LogP contribution in [0, 0.1) is 5.92 Å². The van der Waals surface area contributed by atoms with E-state index in [4.69, 9.17) is 4.74 Å². The zero-order chi connectivity index (χ0) is 16.9. The van der Waals surface area contributed by atoms with Crippen LogP contribution >= 0.6 is 11.3 Å². The molecule has 1 aromatic heterocycles. The van der Waals surface area contributed by atoms with Crippen molar-refractivity contribution in [3.05, 3.63) is 21.4 Å². The van der Waals surface area contributed by atoms with Crippen molar-refractivity contribution in [3.8, 4) is 0 Å². The summed E-state index contributed by atoms with van der Waals surface area (Å²) in [6.07, 6.45) is 5.61. The molecular weight excluding hydrogens is 324 g/mol. The van der Waals surface area contributed by atoms with Crippen LogP contribution in [-0.2, 0) is 22.4 Å². The molecule has 1 atom stereocenters. The van der Waals surface area contributed by atoms with Crippen LogP contribution in [0.5, 0.6) is 0 Å². The summed E-state index contributed by atoms with van der Waals surface area (Å²) in [7, 11) is 1.67. The van der Waals surface area contributed by atoms with E-state index in [0.29, 0.717) is 13.2 Å². The fourth-order valence-corrected chi connectivity index (χ4v) is 4.68. The molecule has 132 valence electrons. The number of fused-ring (bicyclic) bond motifs is 1. The van der Waals surface area contributed by atoms with Crippen molar-refractivity contribution in [1.82, 2.24) is 10.2 Å². The molecule has 1 N–H and O–H groups in total. The number of hydrogen-bond donors (Lipinski definition) is 1. The summed E-state index contributed by atoms with van der Waals surface area (Å²) in [5, 5.41) is 3.00. The summed E-state index contributed by atoms with van der Waals surface area (Å²) in [6, 6.07) is 2.03. The van der Waals surface area contributed by atoms with Gasteiger partial charge in [0.2, 0.25) is 5.91 Å². The number of ether oxygens (including phenoxy) is 1. The molecule has 1 saturated heterocycles. The number of amides is 2. The van der Waals surface area contributed by atoms with E-state index in [2.05, 4.69) is 5.32 Å². The standard InChI is InChI=1S/C18H26N2O3S/c1-23-10-4-7-19-17(21)13-5-6-15-14(11-13)12-16(24-15)18(22)20-8-2-3-9-20/h12-13H,2-11H2,1H3,(H,19,21). The van der Waals surface area contributed by atoms with Crippen molar-refractivity contribution >= 4 is 23.2 Å². The lowest BCUT2D eigenvalue weighted by molar-refractivity contribution is -0.125. The summed E-state index contributed by atoms with van der Waals surface area (Å²) in [6.45, 7) is 3.10. The average Bonchev–Trinajstić information content (AvgIpc) is 3.26. The van der Waals surface area contributed by atoms with E-state index in [9.17, 15) is 9.59 Å². The molecule has 0 spiro atoms. The number of nitrogens with one attached hydrogen (secondary N) is 1. The van der Waals surface area contributed by atoms with Crippen LogP contribution in [0.2, 0.25) is 0 Å². The second-order valence-corrected chi connectivity index (χ2v) is 7.77. The van der Waals surface area contributed by atoms with E-state index in [1.165, 1.54) is 10.4 Å². The van der Waals surface area contributed by atoms with Crippen LogP contribution in [-0.4, -0.2) is 50.1 Å². The molecule has 24 heavy (non-hydrogen) atoms. The number of methoxy groups -OCH3 is 1. The molecule has 2 aliphatic rings. The summed E-state index contributed by atoms with van der Waals surface area (Å²) in [5.74, 6) is 0.340. The van der Waals surface area contributed by atoms with Gasteiger partial charge in [0.25, 0.3) is 5.91 Å². The Kier molecular flexibility index (Phi) is 5.89. The molecule has 6 heteroatoms. The fraction of sp³-hybridized carbons (Fsp3) is 0.667. The molecule has 1 aliphatic heterocycles. The van der Waals surface area contributed by atoms with Gasteiger partial charge in [0.05, 0.1) is 4.88 Å². The molecule has 1 fully saturated rings. The lowest BCUT2D eigenvalue weighted by Gasteiger charge is -2.21. The van der Waals surface area contributed by atoms with E-state index < -0.39 is 0 Å². The molecule has 1 aromatic rings. The molecule has 1 unspecified atom stereocenters. The Morgan fingerprint density at radius 2 is 2.17 bits per heavy atom. The number of hydrogen-bond acceptors (Lipinski definition) is 4. The molecule has 2 amide bonds. The van der Waals surface area contributed by atoms with Gasteiger partial charge in [-0.3, -0.25) is 9.59 Å². The Morgan fingerprint density at radius 1 is 1.38 bits per heavy atom. The smallest absolute Gasteiger partial charge is 0.263 e. The zero-order valence-electron chi connectivity index (χ0n) is 14.3. The lowest BCUT2D eigenvalue weighted by atomic mass is 9.87. The van der Waals surface area contributed by atoms with Crippen LogP contribution in [0.1, 0.15) is 45.8 Å². The minimum atomic E-state index is 0.0318. The van der Waals surface area contributed by atoms with Crippen LogP contribution < -0.4 is 5.32 Å². The third-order valence-electron chi connectivity index (χ3n) is 4.88. The number of nitrogens with zero attached hydrogens (tertiary/aromatic N) is 1. The number of thiophene rings is 1. The number of carbonyl (C=O) groups is 2. The van der Waals surface area contributed by atoms with E-state index >= 15 is 0 Å². The van der Waals surface area contributed by atoms with Crippen LogP contribution in [0.3, 0.4) is 0 Å². The molecule has 3 rings (SSSR count). The van der Waals surface area contributed by atoms with Crippen molar-refractivity contribution in [1.29, 1.82) is 0 Å². The minimum Gasteiger partial charge on any atom is -0.385 e. The van der Waals surface area contributed by atoms with Gasteiger partial charge in [-0.15, -0.1) is 11.3 Å².